The first-order chi connectivity index (χ1) is 11.0. The molecule has 0 heterocycles. The first-order valence-corrected chi connectivity index (χ1v) is 7.69. The zero-order valence-electron chi connectivity index (χ0n) is 11.8. The molecule has 0 unspecified atom stereocenters. The van der Waals surface area contributed by atoms with Crippen LogP contribution in [0.15, 0.2) is 52.5 Å². The van der Waals surface area contributed by atoms with Crippen molar-refractivity contribution in [3.63, 3.8) is 0 Å². The Morgan fingerprint density at radius 1 is 1.35 bits per heavy atom. The molecular formula is C17H11BrClNO3. The molecule has 0 aliphatic rings. The second kappa shape index (κ2) is 7.82. The SMILES string of the molecule is N#CC(=Cc1cc(Cl)cc(Br)c1OCc1ccccc1)C(=O)O. The Morgan fingerprint density at radius 3 is 2.65 bits per heavy atom. The topological polar surface area (TPSA) is 70.3 Å². The minimum absolute atomic E-state index is 0.302. The summed E-state index contributed by atoms with van der Waals surface area (Å²) < 4.78 is 6.36. The van der Waals surface area contributed by atoms with Gasteiger partial charge in [0.2, 0.25) is 0 Å². The Balaban J connectivity index is 2.38. The van der Waals surface area contributed by atoms with E-state index in [9.17, 15) is 4.79 Å². The van der Waals surface area contributed by atoms with E-state index in [-0.39, 0.29) is 0 Å². The van der Waals surface area contributed by atoms with Gasteiger partial charge in [0.05, 0.1) is 4.47 Å². The van der Waals surface area contributed by atoms with Gasteiger partial charge in [-0.25, -0.2) is 4.79 Å². The third-order valence-electron chi connectivity index (χ3n) is 2.91. The Labute approximate surface area is 146 Å². The molecule has 0 fully saturated rings. The molecule has 0 saturated heterocycles. The molecule has 0 aliphatic carbocycles. The van der Waals surface area contributed by atoms with Crippen molar-refractivity contribution in [2.24, 2.45) is 0 Å². The number of benzene rings is 2. The van der Waals surface area contributed by atoms with Crippen LogP contribution in [0.4, 0.5) is 0 Å². The number of hydrogen-bond donors (Lipinski definition) is 1. The van der Waals surface area contributed by atoms with Crippen LogP contribution in [0.5, 0.6) is 5.75 Å². The number of nitriles is 1. The molecule has 0 aromatic heterocycles. The van der Waals surface area contributed by atoms with Crippen molar-refractivity contribution in [3.05, 3.63) is 68.7 Å². The fourth-order valence-electron chi connectivity index (χ4n) is 1.87. The van der Waals surface area contributed by atoms with E-state index in [0.29, 0.717) is 27.4 Å². The van der Waals surface area contributed by atoms with Gasteiger partial charge in [-0.1, -0.05) is 41.9 Å². The van der Waals surface area contributed by atoms with E-state index in [2.05, 4.69) is 15.9 Å². The van der Waals surface area contributed by atoms with Gasteiger partial charge in [0.1, 0.15) is 24.0 Å². The third kappa shape index (κ3) is 4.59. The van der Waals surface area contributed by atoms with Crippen LogP contribution < -0.4 is 4.74 Å². The molecule has 4 nitrogen and oxygen atoms in total. The van der Waals surface area contributed by atoms with Gasteiger partial charge in [-0.05, 0) is 39.7 Å². The predicted molar refractivity (Wildman–Crippen MR) is 91.2 cm³/mol. The summed E-state index contributed by atoms with van der Waals surface area (Å²) in [7, 11) is 0. The molecule has 0 radical (unpaired) electrons. The summed E-state index contributed by atoms with van der Waals surface area (Å²) in [6.07, 6.45) is 1.24. The second-order valence-electron chi connectivity index (χ2n) is 4.56. The summed E-state index contributed by atoms with van der Waals surface area (Å²) in [5.41, 5.74) is 0.978. The maximum Gasteiger partial charge on any atom is 0.346 e. The number of carboxylic acids is 1. The number of nitrogens with zero attached hydrogens (tertiary/aromatic N) is 1. The third-order valence-corrected chi connectivity index (χ3v) is 3.72. The predicted octanol–water partition coefficient (Wildman–Crippen LogP) is 4.67. The van der Waals surface area contributed by atoms with Gasteiger partial charge in [0.25, 0.3) is 0 Å². The monoisotopic (exact) mass is 391 g/mol. The summed E-state index contributed by atoms with van der Waals surface area (Å²) in [4.78, 5) is 11.0. The first-order valence-electron chi connectivity index (χ1n) is 6.52. The van der Waals surface area contributed by atoms with Gasteiger partial charge in [0.15, 0.2) is 0 Å². The number of aliphatic carboxylic acids is 1. The van der Waals surface area contributed by atoms with Crippen molar-refractivity contribution in [2.45, 2.75) is 6.61 Å². The van der Waals surface area contributed by atoms with Crippen LogP contribution in [0, 0.1) is 11.3 Å². The molecule has 2 aromatic rings. The Kier molecular flexibility index (Phi) is 5.80. The Bertz CT molecular complexity index is 797. The summed E-state index contributed by atoms with van der Waals surface area (Å²) in [6, 6.07) is 14.4. The van der Waals surface area contributed by atoms with E-state index < -0.39 is 11.5 Å². The molecule has 1 N–H and O–H groups in total. The van der Waals surface area contributed by atoms with E-state index in [4.69, 9.17) is 26.7 Å². The lowest BCUT2D eigenvalue weighted by Gasteiger charge is -2.12. The lowest BCUT2D eigenvalue weighted by atomic mass is 10.1. The van der Waals surface area contributed by atoms with Crippen molar-refractivity contribution >= 4 is 39.6 Å². The van der Waals surface area contributed by atoms with Gasteiger partial charge < -0.3 is 9.84 Å². The summed E-state index contributed by atoms with van der Waals surface area (Å²) in [5, 5.41) is 18.3. The zero-order chi connectivity index (χ0) is 16.8. The normalized spacial score (nSPS) is 10.9. The molecule has 6 heteroatoms. The highest BCUT2D eigenvalue weighted by Gasteiger charge is 2.13. The van der Waals surface area contributed by atoms with Crippen LogP contribution in [0.2, 0.25) is 5.02 Å². The van der Waals surface area contributed by atoms with Crippen molar-refractivity contribution in [1.82, 2.24) is 0 Å². The maximum atomic E-state index is 11.0. The van der Waals surface area contributed by atoms with Gasteiger partial charge in [-0.3, -0.25) is 0 Å². The van der Waals surface area contributed by atoms with Crippen LogP contribution in [0.25, 0.3) is 6.08 Å². The number of halogens is 2. The lowest BCUT2D eigenvalue weighted by molar-refractivity contribution is -0.132. The number of hydrogen-bond acceptors (Lipinski definition) is 3. The molecule has 0 saturated carbocycles. The first kappa shape index (κ1) is 17.1. The number of ether oxygens (including phenoxy) is 1. The Morgan fingerprint density at radius 2 is 2.04 bits per heavy atom. The maximum absolute atomic E-state index is 11.0. The van der Waals surface area contributed by atoms with Crippen LogP contribution in [0.3, 0.4) is 0 Å². The van der Waals surface area contributed by atoms with Crippen molar-refractivity contribution in [1.29, 1.82) is 5.26 Å². The largest absolute Gasteiger partial charge is 0.487 e. The molecule has 0 atom stereocenters. The van der Waals surface area contributed by atoms with E-state index in [0.717, 1.165) is 5.56 Å². The van der Waals surface area contributed by atoms with Crippen LogP contribution in [0.1, 0.15) is 11.1 Å². The standard InChI is InChI=1S/C17H11BrClNO3/c18-15-8-14(19)7-12(6-13(9-20)17(21)22)16(15)23-10-11-4-2-1-3-5-11/h1-8H,10H2,(H,21,22). The molecule has 116 valence electrons. The smallest absolute Gasteiger partial charge is 0.346 e. The number of carbonyl (C=O) groups is 1. The quantitative estimate of drug-likeness (QED) is 0.593. The van der Waals surface area contributed by atoms with E-state index in [1.165, 1.54) is 6.08 Å². The van der Waals surface area contributed by atoms with Gasteiger partial charge in [-0.2, -0.15) is 5.26 Å². The lowest BCUT2D eigenvalue weighted by Crippen LogP contribution is -2.00. The van der Waals surface area contributed by atoms with Crippen molar-refractivity contribution in [2.75, 3.05) is 0 Å². The fraction of sp³-hybridized carbons (Fsp3) is 0.0588. The molecule has 0 spiro atoms. The summed E-state index contributed by atoms with van der Waals surface area (Å²) in [5.74, 6) is -0.884. The number of rotatable bonds is 5. The second-order valence-corrected chi connectivity index (χ2v) is 5.85. The summed E-state index contributed by atoms with van der Waals surface area (Å²) in [6.45, 7) is 0.302. The van der Waals surface area contributed by atoms with E-state index in [1.54, 1.807) is 18.2 Å². The molecular weight excluding hydrogens is 382 g/mol. The highest BCUT2D eigenvalue weighted by molar-refractivity contribution is 9.10. The van der Waals surface area contributed by atoms with E-state index >= 15 is 0 Å². The van der Waals surface area contributed by atoms with E-state index in [1.807, 2.05) is 30.3 Å². The summed E-state index contributed by atoms with van der Waals surface area (Å²) >= 11 is 9.35. The van der Waals surface area contributed by atoms with Crippen LogP contribution >= 0.6 is 27.5 Å². The van der Waals surface area contributed by atoms with Crippen LogP contribution in [-0.2, 0) is 11.4 Å². The highest BCUT2D eigenvalue weighted by Crippen LogP contribution is 2.34. The average molecular weight is 393 g/mol. The average Bonchev–Trinajstić information content (AvgIpc) is 2.52. The minimum Gasteiger partial charge on any atom is -0.487 e. The van der Waals surface area contributed by atoms with Gasteiger partial charge in [0, 0.05) is 10.6 Å². The molecule has 2 aromatic carbocycles. The van der Waals surface area contributed by atoms with Gasteiger partial charge in [-0.15, -0.1) is 0 Å². The minimum atomic E-state index is -1.31. The molecule has 0 amide bonds. The molecule has 0 aliphatic heterocycles. The molecule has 2 rings (SSSR count). The Hall–Kier alpha value is -2.29. The zero-order valence-corrected chi connectivity index (χ0v) is 14.1. The van der Waals surface area contributed by atoms with Crippen LogP contribution in [-0.4, -0.2) is 11.1 Å². The fourth-order valence-corrected chi connectivity index (χ4v) is 2.82. The highest BCUT2D eigenvalue weighted by atomic mass is 79.9. The molecule has 23 heavy (non-hydrogen) atoms. The van der Waals surface area contributed by atoms with Crippen molar-refractivity contribution < 1.29 is 14.6 Å². The number of carboxylic acid groups (broad SMARTS) is 1. The van der Waals surface area contributed by atoms with Gasteiger partial charge >= 0.3 is 5.97 Å². The van der Waals surface area contributed by atoms with Crippen molar-refractivity contribution in [3.8, 4) is 11.8 Å². The molecule has 0 bridgehead atoms.